The summed E-state index contributed by atoms with van der Waals surface area (Å²) in [6.45, 7) is 2.46. The second-order valence-corrected chi connectivity index (χ2v) is 7.59. The van der Waals surface area contributed by atoms with Crippen molar-refractivity contribution >= 4 is 0 Å². The van der Waals surface area contributed by atoms with Gasteiger partial charge in [0.1, 0.15) is 24.3 Å². The molecule has 2 aromatic carbocycles. The molecule has 1 aliphatic rings. The summed E-state index contributed by atoms with van der Waals surface area (Å²) in [7, 11) is 0. The van der Waals surface area contributed by atoms with E-state index in [4.69, 9.17) is 4.74 Å². The lowest BCUT2D eigenvalue weighted by molar-refractivity contribution is 0.290. The van der Waals surface area contributed by atoms with E-state index in [0.717, 1.165) is 36.3 Å². The number of pyridine rings is 1. The van der Waals surface area contributed by atoms with Crippen LogP contribution in [0.2, 0.25) is 0 Å². The largest absolute Gasteiger partial charge is 0.489 e. The molecular formula is C24H24F2N2O2. The fourth-order valence-corrected chi connectivity index (χ4v) is 3.61. The van der Waals surface area contributed by atoms with Gasteiger partial charge in [0.2, 0.25) is 0 Å². The Morgan fingerprint density at radius 3 is 2.40 bits per heavy atom. The van der Waals surface area contributed by atoms with Crippen LogP contribution < -0.4 is 10.3 Å². The molecular weight excluding hydrogens is 386 g/mol. The number of hydrogen-bond donors (Lipinski definition) is 0. The van der Waals surface area contributed by atoms with Crippen molar-refractivity contribution in [2.24, 2.45) is 0 Å². The van der Waals surface area contributed by atoms with E-state index in [0.29, 0.717) is 18.7 Å². The fraction of sp³-hybridized carbons (Fsp3) is 0.292. The quantitative estimate of drug-likeness (QED) is 0.587. The van der Waals surface area contributed by atoms with Crippen LogP contribution in [-0.4, -0.2) is 35.3 Å². The van der Waals surface area contributed by atoms with Crippen molar-refractivity contribution in [1.29, 1.82) is 0 Å². The van der Waals surface area contributed by atoms with E-state index < -0.39 is 6.17 Å². The normalized spacial score (nSPS) is 16.7. The van der Waals surface area contributed by atoms with Crippen LogP contribution in [0.1, 0.15) is 17.5 Å². The van der Waals surface area contributed by atoms with Crippen LogP contribution in [0.4, 0.5) is 8.78 Å². The first-order chi connectivity index (χ1) is 14.6. The van der Waals surface area contributed by atoms with Gasteiger partial charge in [-0.05, 0) is 54.3 Å². The van der Waals surface area contributed by atoms with E-state index >= 15 is 0 Å². The minimum Gasteiger partial charge on any atom is -0.489 e. The molecule has 0 N–H and O–H groups in total. The van der Waals surface area contributed by atoms with Crippen molar-refractivity contribution in [1.82, 2.24) is 9.47 Å². The van der Waals surface area contributed by atoms with Gasteiger partial charge in [-0.25, -0.2) is 8.78 Å². The van der Waals surface area contributed by atoms with Gasteiger partial charge in [0.15, 0.2) is 0 Å². The molecule has 4 rings (SSSR count). The maximum absolute atomic E-state index is 13.3. The minimum atomic E-state index is -0.693. The molecule has 156 valence electrons. The third kappa shape index (κ3) is 5.13. The van der Waals surface area contributed by atoms with Gasteiger partial charge in [0.25, 0.3) is 5.56 Å². The predicted octanol–water partition coefficient (Wildman–Crippen LogP) is 4.14. The lowest BCUT2D eigenvalue weighted by Crippen LogP contribution is -2.23. The number of halogens is 2. The van der Waals surface area contributed by atoms with Crippen molar-refractivity contribution in [3.63, 3.8) is 0 Å². The Labute approximate surface area is 174 Å². The lowest BCUT2D eigenvalue weighted by Gasteiger charge is -2.14. The summed E-state index contributed by atoms with van der Waals surface area (Å²) in [6.07, 6.45) is 2.48. The van der Waals surface area contributed by atoms with Crippen LogP contribution in [0.15, 0.2) is 71.7 Å². The molecule has 0 radical (unpaired) electrons. The molecule has 4 nitrogen and oxygen atoms in total. The number of benzene rings is 2. The summed E-state index contributed by atoms with van der Waals surface area (Å²) in [5.74, 6) is 0.172. The summed E-state index contributed by atoms with van der Waals surface area (Å²) in [5.41, 5.74) is 2.57. The van der Waals surface area contributed by atoms with Crippen molar-refractivity contribution in [2.45, 2.75) is 25.6 Å². The number of hydrogen-bond acceptors (Lipinski definition) is 3. The lowest BCUT2D eigenvalue weighted by atomic mass is 10.1. The first-order valence-electron chi connectivity index (χ1n) is 10.1. The van der Waals surface area contributed by atoms with Gasteiger partial charge in [-0.15, -0.1) is 0 Å². The number of rotatable bonds is 7. The Morgan fingerprint density at radius 1 is 1.00 bits per heavy atom. The smallest absolute Gasteiger partial charge is 0.258 e. The van der Waals surface area contributed by atoms with Crippen molar-refractivity contribution in [3.05, 3.63) is 94.2 Å². The molecule has 0 aliphatic carbocycles. The maximum Gasteiger partial charge on any atom is 0.258 e. The second kappa shape index (κ2) is 9.22. The molecule has 0 spiro atoms. The van der Waals surface area contributed by atoms with E-state index in [2.05, 4.69) is 4.90 Å². The van der Waals surface area contributed by atoms with Gasteiger partial charge in [-0.2, -0.15) is 0 Å². The van der Waals surface area contributed by atoms with E-state index in [1.54, 1.807) is 29.0 Å². The molecule has 30 heavy (non-hydrogen) atoms. The monoisotopic (exact) mass is 410 g/mol. The summed E-state index contributed by atoms with van der Waals surface area (Å²) in [4.78, 5) is 14.6. The molecule has 0 bridgehead atoms. The van der Waals surface area contributed by atoms with Crippen molar-refractivity contribution in [2.75, 3.05) is 19.6 Å². The standard InChI is InChI=1S/C24H24F2N2O2/c25-20-5-1-19(2-6-20)17-30-23-11-14-28(24(29)15-23)22-7-3-18(4-8-22)9-12-27-13-10-21(26)16-27/h1-8,11,14-15,21H,9-10,12-13,16-17H2/t21-/m0/s1. The van der Waals surface area contributed by atoms with E-state index in [1.165, 1.54) is 18.2 Å². The minimum absolute atomic E-state index is 0.189. The third-order valence-electron chi connectivity index (χ3n) is 5.36. The Morgan fingerprint density at radius 2 is 1.73 bits per heavy atom. The van der Waals surface area contributed by atoms with Crippen LogP contribution in [0.5, 0.6) is 5.75 Å². The predicted molar refractivity (Wildman–Crippen MR) is 112 cm³/mol. The molecule has 0 saturated carbocycles. The molecule has 1 aromatic heterocycles. The zero-order valence-corrected chi connectivity index (χ0v) is 16.6. The number of aromatic nitrogens is 1. The van der Waals surface area contributed by atoms with Gasteiger partial charge >= 0.3 is 0 Å². The molecule has 6 heteroatoms. The van der Waals surface area contributed by atoms with Gasteiger partial charge in [0, 0.05) is 37.6 Å². The van der Waals surface area contributed by atoms with E-state index in [9.17, 15) is 13.6 Å². The highest BCUT2D eigenvalue weighted by atomic mass is 19.1. The molecule has 1 atom stereocenters. The Kier molecular flexibility index (Phi) is 6.23. The zero-order valence-electron chi connectivity index (χ0n) is 16.6. The number of ether oxygens (including phenoxy) is 1. The molecule has 0 unspecified atom stereocenters. The average molecular weight is 410 g/mol. The van der Waals surface area contributed by atoms with Gasteiger partial charge in [0.05, 0.1) is 0 Å². The van der Waals surface area contributed by atoms with E-state index in [-0.39, 0.29) is 18.0 Å². The first kappa shape index (κ1) is 20.3. The summed E-state index contributed by atoms with van der Waals surface area (Å²) in [5, 5.41) is 0. The molecule has 1 saturated heterocycles. The van der Waals surface area contributed by atoms with Crippen molar-refractivity contribution < 1.29 is 13.5 Å². The highest BCUT2D eigenvalue weighted by Gasteiger charge is 2.20. The SMILES string of the molecule is O=c1cc(OCc2ccc(F)cc2)ccn1-c1ccc(CCN2CC[C@H](F)C2)cc1. The molecule has 1 aliphatic heterocycles. The third-order valence-corrected chi connectivity index (χ3v) is 5.36. The maximum atomic E-state index is 13.3. The van der Waals surface area contributed by atoms with Crippen LogP contribution in [0.3, 0.4) is 0 Å². The van der Waals surface area contributed by atoms with Gasteiger partial charge in [-0.3, -0.25) is 9.36 Å². The molecule has 0 amide bonds. The zero-order chi connectivity index (χ0) is 20.9. The second-order valence-electron chi connectivity index (χ2n) is 7.59. The van der Waals surface area contributed by atoms with Crippen molar-refractivity contribution in [3.8, 4) is 11.4 Å². The topological polar surface area (TPSA) is 34.5 Å². The summed E-state index contributed by atoms with van der Waals surface area (Å²) in [6, 6.07) is 17.1. The Hall–Kier alpha value is -2.99. The summed E-state index contributed by atoms with van der Waals surface area (Å²) >= 11 is 0. The highest BCUT2D eigenvalue weighted by molar-refractivity contribution is 5.36. The van der Waals surface area contributed by atoms with Crippen LogP contribution >= 0.6 is 0 Å². The van der Waals surface area contributed by atoms with Crippen LogP contribution in [0, 0.1) is 5.82 Å². The molecule has 3 aromatic rings. The van der Waals surface area contributed by atoms with Gasteiger partial charge in [-0.1, -0.05) is 24.3 Å². The van der Waals surface area contributed by atoms with Gasteiger partial charge < -0.3 is 9.64 Å². The van der Waals surface area contributed by atoms with Crippen LogP contribution in [-0.2, 0) is 13.0 Å². The number of likely N-dealkylation sites (tertiary alicyclic amines) is 1. The van der Waals surface area contributed by atoms with Crippen LogP contribution in [0.25, 0.3) is 5.69 Å². The number of alkyl halides is 1. The molecule has 2 heterocycles. The highest BCUT2D eigenvalue weighted by Crippen LogP contribution is 2.15. The summed E-state index contributed by atoms with van der Waals surface area (Å²) < 4.78 is 33.4. The number of nitrogens with zero attached hydrogens (tertiary/aromatic N) is 2. The van der Waals surface area contributed by atoms with E-state index in [1.807, 2.05) is 24.3 Å². The first-order valence-corrected chi connectivity index (χ1v) is 10.1. The fourth-order valence-electron chi connectivity index (χ4n) is 3.61. The average Bonchev–Trinajstić information content (AvgIpc) is 3.18. The Balaban J connectivity index is 1.36. The molecule has 1 fully saturated rings. The Bertz CT molecular complexity index is 1030.